The third-order valence-electron chi connectivity index (χ3n) is 8.12. The van der Waals surface area contributed by atoms with E-state index in [1.165, 1.54) is 64.2 Å². The first kappa shape index (κ1) is 46.3. The van der Waals surface area contributed by atoms with Crippen LogP contribution in [0.2, 0.25) is 0 Å². The number of phosphoric ester groups is 1. The number of allylic oxidation sites excluding steroid dienone is 6. The van der Waals surface area contributed by atoms with Crippen LogP contribution < -0.4 is 9.79 Å². The number of carbonyl (C=O) groups is 2. The van der Waals surface area contributed by atoms with E-state index < -0.39 is 32.5 Å². The quantitative estimate of drug-likeness (QED) is 0.0277. The molecule has 0 aromatic rings. The highest BCUT2D eigenvalue weighted by Gasteiger charge is 2.18. The zero-order valence-corrected chi connectivity index (χ0v) is 31.4. The van der Waals surface area contributed by atoms with Gasteiger partial charge in [0.25, 0.3) is 0 Å². The highest BCUT2D eigenvalue weighted by Crippen LogP contribution is 2.25. The van der Waals surface area contributed by atoms with Crippen LogP contribution in [-0.2, 0) is 28.2 Å². The molecule has 0 aromatic carbocycles. The van der Waals surface area contributed by atoms with E-state index in [1.54, 1.807) is 0 Å². The standard InChI is InChI=1S/C39H71O8P/c1-3-5-7-9-11-13-15-17-19-21-23-25-27-29-31-33-38(40)45-35-37(36-46-48(42,43)44)47-39(41)34-32-30-28-26-24-22-20-18-16-14-12-10-8-6-4-2/h12,14,17-20,37H,3-11,13,15-16,21-36H2,1-2H3,(H2,42,43,44)/p-2/b14-12-,19-17-,20-18-/t37-/m1/s1. The van der Waals surface area contributed by atoms with E-state index in [1.807, 2.05) is 0 Å². The minimum Gasteiger partial charge on any atom is -0.790 e. The first-order chi connectivity index (χ1) is 23.3. The second kappa shape index (κ2) is 35.1. The van der Waals surface area contributed by atoms with Crippen LogP contribution in [0.1, 0.15) is 181 Å². The molecule has 0 N–H and O–H groups in total. The number of hydrogen-bond acceptors (Lipinski definition) is 8. The van der Waals surface area contributed by atoms with Gasteiger partial charge in [0.05, 0.1) is 14.4 Å². The van der Waals surface area contributed by atoms with Crippen LogP contribution in [0, 0.1) is 0 Å². The fourth-order valence-corrected chi connectivity index (χ4v) is 5.56. The van der Waals surface area contributed by atoms with Gasteiger partial charge in [0.1, 0.15) is 6.61 Å². The third-order valence-corrected chi connectivity index (χ3v) is 8.59. The van der Waals surface area contributed by atoms with Gasteiger partial charge in [-0.25, -0.2) is 0 Å². The minimum absolute atomic E-state index is 0.163. The van der Waals surface area contributed by atoms with Crippen LogP contribution in [0.4, 0.5) is 0 Å². The molecule has 0 aliphatic carbocycles. The van der Waals surface area contributed by atoms with Crippen molar-refractivity contribution < 1.29 is 37.9 Å². The summed E-state index contributed by atoms with van der Waals surface area (Å²) in [4.78, 5) is 46.4. The van der Waals surface area contributed by atoms with E-state index in [4.69, 9.17) is 9.47 Å². The normalized spacial score (nSPS) is 12.8. The van der Waals surface area contributed by atoms with Crippen molar-refractivity contribution in [2.24, 2.45) is 0 Å². The largest absolute Gasteiger partial charge is 0.790 e. The lowest BCUT2D eigenvalue weighted by atomic mass is 10.1. The van der Waals surface area contributed by atoms with Crippen LogP contribution in [0.3, 0.4) is 0 Å². The average molecular weight is 697 g/mol. The Morgan fingerprint density at radius 3 is 1.44 bits per heavy atom. The fourth-order valence-electron chi connectivity index (χ4n) is 5.21. The molecule has 0 rings (SSSR count). The van der Waals surface area contributed by atoms with Gasteiger partial charge >= 0.3 is 11.9 Å². The van der Waals surface area contributed by atoms with E-state index in [0.717, 1.165) is 77.0 Å². The Bertz CT molecular complexity index is 879. The van der Waals surface area contributed by atoms with Crippen LogP contribution in [0.15, 0.2) is 36.5 Å². The summed E-state index contributed by atoms with van der Waals surface area (Å²) in [6.45, 7) is 3.44. The second-order valence-corrected chi connectivity index (χ2v) is 14.0. The molecule has 8 nitrogen and oxygen atoms in total. The molecule has 0 amide bonds. The van der Waals surface area contributed by atoms with Crippen molar-refractivity contribution in [3.63, 3.8) is 0 Å². The van der Waals surface area contributed by atoms with E-state index in [2.05, 4.69) is 54.8 Å². The Kier molecular flexibility index (Phi) is 33.8. The summed E-state index contributed by atoms with van der Waals surface area (Å²) < 4.78 is 25.8. The first-order valence-electron chi connectivity index (χ1n) is 19.2. The molecule has 0 unspecified atom stereocenters. The Morgan fingerprint density at radius 1 is 0.542 bits per heavy atom. The molecule has 0 fully saturated rings. The van der Waals surface area contributed by atoms with Gasteiger partial charge in [-0.15, -0.1) is 0 Å². The predicted molar refractivity (Wildman–Crippen MR) is 193 cm³/mol. The Balaban J connectivity index is 4.00. The van der Waals surface area contributed by atoms with Crippen LogP contribution in [-0.4, -0.2) is 31.3 Å². The Labute approximate surface area is 293 Å². The lowest BCUT2D eigenvalue weighted by Gasteiger charge is -2.30. The highest BCUT2D eigenvalue weighted by molar-refractivity contribution is 7.43. The number of phosphoric acid groups is 1. The van der Waals surface area contributed by atoms with Crippen LogP contribution in [0.25, 0.3) is 0 Å². The predicted octanol–water partition coefficient (Wildman–Crippen LogP) is 10.1. The van der Waals surface area contributed by atoms with Gasteiger partial charge in [-0.3, -0.25) is 9.59 Å². The van der Waals surface area contributed by atoms with Crippen molar-refractivity contribution in [3.05, 3.63) is 36.5 Å². The van der Waals surface area contributed by atoms with Gasteiger partial charge in [-0.2, -0.15) is 0 Å². The molecule has 0 aromatic heterocycles. The zero-order chi connectivity index (χ0) is 35.4. The molecule has 0 aliphatic rings. The molecule has 0 bridgehead atoms. The van der Waals surface area contributed by atoms with E-state index in [9.17, 15) is 23.9 Å². The fraction of sp³-hybridized carbons (Fsp3) is 0.795. The number of ether oxygens (including phenoxy) is 2. The van der Waals surface area contributed by atoms with Crippen molar-refractivity contribution in [1.82, 2.24) is 0 Å². The SMILES string of the molecule is CCCCC/C=C\C/C=C\CCCCCCCC(=O)O[C@H](COC(=O)CCCCCCC/C=C\CCCCCCCC)COP(=O)([O-])[O-]. The maximum atomic E-state index is 12.3. The molecule has 9 heteroatoms. The molecular formula is C39H69O8P-2. The molecular weight excluding hydrogens is 627 g/mol. The summed E-state index contributed by atoms with van der Waals surface area (Å²) in [6, 6.07) is 0. The van der Waals surface area contributed by atoms with Crippen LogP contribution in [0.5, 0.6) is 0 Å². The molecule has 1 atom stereocenters. The summed E-state index contributed by atoms with van der Waals surface area (Å²) in [5, 5.41) is 0. The number of rotatable bonds is 35. The van der Waals surface area contributed by atoms with E-state index in [0.29, 0.717) is 12.8 Å². The van der Waals surface area contributed by atoms with Crippen molar-refractivity contribution in [2.75, 3.05) is 13.2 Å². The number of carbonyl (C=O) groups excluding carboxylic acids is 2. The third kappa shape index (κ3) is 37.1. The molecule has 0 spiro atoms. The monoisotopic (exact) mass is 696 g/mol. The van der Waals surface area contributed by atoms with Gasteiger partial charge in [-0.05, 0) is 70.6 Å². The molecule has 0 aliphatic heterocycles. The minimum atomic E-state index is -5.25. The van der Waals surface area contributed by atoms with Gasteiger partial charge in [0.15, 0.2) is 6.10 Å². The molecule has 0 saturated carbocycles. The van der Waals surface area contributed by atoms with Gasteiger partial charge in [-0.1, -0.05) is 134 Å². The summed E-state index contributed by atoms with van der Waals surface area (Å²) in [6.07, 6.45) is 39.6. The smallest absolute Gasteiger partial charge is 0.306 e. The lowest BCUT2D eigenvalue weighted by molar-refractivity contribution is -0.343. The Hall–Kier alpha value is -1.73. The first-order valence-corrected chi connectivity index (χ1v) is 20.7. The maximum Gasteiger partial charge on any atom is 0.306 e. The molecule has 0 radical (unpaired) electrons. The van der Waals surface area contributed by atoms with Gasteiger partial charge in [0.2, 0.25) is 0 Å². The number of unbranched alkanes of at least 4 members (excludes halogenated alkanes) is 19. The Morgan fingerprint density at radius 2 is 0.938 bits per heavy atom. The lowest BCUT2D eigenvalue weighted by Crippen LogP contribution is -2.31. The molecule has 0 heterocycles. The second-order valence-electron chi connectivity index (χ2n) is 12.9. The zero-order valence-electron chi connectivity index (χ0n) is 30.6. The van der Waals surface area contributed by atoms with Crippen molar-refractivity contribution in [3.8, 4) is 0 Å². The average Bonchev–Trinajstić information content (AvgIpc) is 3.05. The summed E-state index contributed by atoms with van der Waals surface area (Å²) >= 11 is 0. The maximum absolute atomic E-state index is 12.3. The van der Waals surface area contributed by atoms with E-state index in [-0.39, 0.29) is 19.4 Å². The van der Waals surface area contributed by atoms with Crippen molar-refractivity contribution in [1.29, 1.82) is 0 Å². The van der Waals surface area contributed by atoms with E-state index >= 15 is 0 Å². The number of esters is 2. The van der Waals surface area contributed by atoms with Gasteiger partial charge in [0, 0.05) is 12.8 Å². The van der Waals surface area contributed by atoms with Crippen molar-refractivity contribution in [2.45, 2.75) is 187 Å². The van der Waals surface area contributed by atoms with Gasteiger partial charge < -0.3 is 28.3 Å². The molecule has 0 saturated heterocycles. The molecule has 48 heavy (non-hydrogen) atoms. The topological polar surface area (TPSA) is 125 Å². The highest BCUT2D eigenvalue weighted by atomic mass is 31.2. The van der Waals surface area contributed by atoms with Crippen LogP contribution >= 0.6 is 7.82 Å². The number of hydrogen-bond donors (Lipinski definition) is 0. The summed E-state index contributed by atoms with van der Waals surface area (Å²) in [5.74, 6) is -0.982. The molecule has 280 valence electrons. The van der Waals surface area contributed by atoms with Crippen molar-refractivity contribution >= 4 is 19.8 Å². The summed E-state index contributed by atoms with van der Waals surface area (Å²) in [7, 11) is -5.25. The summed E-state index contributed by atoms with van der Waals surface area (Å²) in [5.41, 5.74) is 0.